The summed E-state index contributed by atoms with van der Waals surface area (Å²) in [6.45, 7) is 1.95. The van der Waals surface area contributed by atoms with Crippen LogP contribution in [0.2, 0.25) is 0 Å². The van der Waals surface area contributed by atoms with Crippen molar-refractivity contribution in [3.05, 3.63) is 58.1 Å². The second kappa shape index (κ2) is 5.89. The van der Waals surface area contributed by atoms with E-state index in [1.165, 1.54) is 0 Å². The third-order valence-electron chi connectivity index (χ3n) is 2.75. The van der Waals surface area contributed by atoms with Crippen LogP contribution in [0.5, 0.6) is 5.75 Å². The van der Waals surface area contributed by atoms with Gasteiger partial charge in [-0.15, -0.1) is 0 Å². The molecule has 98 valence electrons. The van der Waals surface area contributed by atoms with Crippen molar-refractivity contribution in [3.63, 3.8) is 0 Å². The van der Waals surface area contributed by atoms with Gasteiger partial charge in [0.25, 0.3) is 5.91 Å². The van der Waals surface area contributed by atoms with Crippen molar-refractivity contribution in [1.29, 1.82) is 0 Å². The Labute approximate surface area is 120 Å². The highest BCUT2D eigenvalue weighted by atomic mass is 79.9. The molecule has 0 heterocycles. The lowest BCUT2D eigenvalue weighted by atomic mass is 10.1. The summed E-state index contributed by atoms with van der Waals surface area (Å²) in [6.07, 6.45) is 0. The zero-order valence-corrected chi connectivity index (χ0v) is 12.3. The van der Waals surface area contributed by atoms with Crippen molar-refractivity contribution in [2.24, 2.45) is 0 Å². The Morgan fingerprint density at radius 1 is 1.21 bits per heavy atom. The van der Waals surface area contributed by atoms with Gasteiger partial charge >= 0.3 is 0 Å². The van der Waals surface area contributed by atoms with Crippen LogP contribution < -0.4 is 10.1 Å². The predicted octanol–water partition coefficient (Wildman–Crippen LogP) is 4.02. The first-order valence-electron chi connectivity index (χ1n) is 5.81. The topological polar surface area (TPSA) is 38.3 Å². The van der Waals surface area contributed by atoms with E-state index in [-0.39, 0.29) is 5.91 Å². The molecule has 2 rings (SSSR count). The van der Waals surface area contributed by atoms with Crippen LogP contribution in [0.25, 0.3) is 0 Å². The zero-order chi connectivity index (χ0) is 13.8. The number of methoxy groups -OCH3 is 1. The molecule has 3 nitrogen and oxygen atoms in total. The second-order valence-electron chi connectivity index (χ2n) is 4.15. The summed E-state index contributed by atoms with van der Waals surface area (Å²) < 4.78 is 6.11. The quantitative estimate of drug-likeness (QED) is 0.928. The van der Waals surface area contributed by atoms with Crippen molar-refractivity contribution in [1.82, 2.24) is 0 Å². The Hall–Kier alpha value is -1.81. The maximum Gasteiger partial charge on any atom is 0.255 e. The van der Waals surface area contributed by atoms with Gasteiger partial charge in [-0.05, 0) is 42.8 Å². The third-order valence-corrected chi connectivity index (χ3v) is 3.64. The predicted molar refractivity (Wildman–Crippen MR) is 79.8 cm³/mol. The summed E-state index contributed by atoms with van der Waals surface area (Å²) in [5.74, 6) is 0.577. The SMILES string of the molecule is COc1cccc(NC(=O)c2ccc(Br)c(C)c2)c1. The first-order valence-corrected chi connectivity index (χ1v) is 6.61. The molecule has 0 aliphatic carbocycles. The molecule has 0 aromatic heterocycles. The van der Waals surface area contributed by atoms with E-state index >= 15 is 0 Å². The molecule has 1 amide bonds. The number of ether oxygens (including phenoxy) is 1. The summed E-state index contributed by atoms with van der Waals surface area (Å²) in [7, 11) is 1.60. The first-order chi connectivity index (χ1) is 9.10. The van der Waals surface area contributed by atoms with Gasteiger partial charge in [-0.25, -0.2) is 0 Å². The molecule has 0 aliphatic rings. The molecule has 0 fully saturated rings. The number of amides is 1. The molecular formula is C15H14BrNO2. The number of nitrogens with one attached hydrogen (secondary N) is 1. The van der Waals surface area contributed by atoms with Crippen molar-refractivity contribution >= 4 is 27.5 Å². The van der Waals surface area contributed by atoms with E-state index in [0.717, 1.165) is 10.0 Å². The molecule has 2 aromatic carbocycles. The maximum atomic E-state index is 12.1. The molecule has 2 aromatic rings. The number of aryl methyl sites for hydroxylation is 1. The van der Waals surface area contributed by atoms with E-state index in [2.05, 4.69) is 21.2 Å². The molecular weight excluding hydrogens is 306 g/mol. The average Bonchev–Trinajstić information content (AvgIpc) is 2.42. The summed E-state index contributed by atoms with van der Waals surface area (Å²) >= 11 is 3.42. The summed E-state index contributed by atoms with van der Waals surface area (Å²) in [4.78, 5) is 12.1. The second-order valence-corrected chi connectivity index (χ2v) is 5.00. The minimum Gasteiger partial charge on any atom is -0.497 e. The van der Waals surface area contributed by atoms with Crippen molar-refractivity contribution in [2.45, 2.75) is 6.92 Å². The largest absolute Gasteiger partial charge is 0.497 e. The van der Waals surface area contributed by atoms with Gasteiger partial charge < -0.3 is 10.1 Å². The lowest BCUT2D eigenvalue weighted by Gasteiger charge is -2.08. The van der Waals surface area contributed by atoms with Gasteiger partial charge in [-0.1, -0.05) is 22.0 Å². The van der Waals surface area contributed by atoms with Crippen molar-refractivity contribution < 1.29 is 9.53 Å². The molecule has 4 heteroatoms. The number of hydrogen-bond donors (Lipinski definition) is 1. The van der Waals surface area contributed by atoms with E-state index in [0.29, 0.717) is 17.0 Å². The highest BCUT2D eigenvalue weighted by Gasteiger charge is 2.07. The van der Waals surface area contributed by atoms with Crippen LogP contribution in [0.1, 0.15) is 15.9 Å². The van der Waals surface area contributed by atoms with Crippen LogP contribution in [0.3, 0.4) is 0 Å². The smallest absolute Gasteiger partial charge is 0.255 e. The van der Waals surface area contributed by atoms with Crippen LogP contribution in [0.4, 0.5) is 5.69 Å². The Morgan fingerprint density at radius 3 is 2.68 bits per heavy atom. The number of carbonyl (C=O) groups excluding carboxylic acids is 1. The van der Waals surface area contributed by atoms with E-state index < -0.39 is 0 Å². The fourth-order valence-electron chi connectivity index (χ4n) is 1.69. The first kappa shape index (κ1) is 13.6. The molecule has 0 unspecified atom stereocenters. The number of rotatable bonds is 3. The summed E-state index contributed by atoms with van der Waals surface area (Å²) in [6, 6.07) is 12.8. The van der Waals surface area contributed by atoms with Gasteiger partial charge in [0.1, 0.15) is 5.75 Å². The third kappa shape index (κ3) is 3.35. The van der Waals surface area contributed by atoms with E-state index in [4.69, 9.17) is 4.74 Å². The lowest BCUT2D eigenvalue weighted by Crippen LogP contribution is -2.12. The Balaban J connectivity index is 2.18. The molecule has 0 saturated carbocycles. The number of carbonyl (C=O) groups is 1. The molecule has 0 saturated heterocycles. The van der Waals surface area contributed by atoms with Gasteiger partial charge in [-0.3, -0.25) is 4.79 Å². The zero-order valence-electron chi connectivity index (χ0n) is 10.7. The number of benzene rings is 2. The highest BCUT2D eigenvalue weighted by molar-refractivity contribution is 9.10. The molecule has 19 heavy (non-hydrogen) atoms. The number of anilines is 1. The maximum absolute atomic E-state index is 12.1. The molecule has 0 aliphatic heterocycles. The van der Waals surface area contributed by atoms with Gasteiger partial charge in [0.15, 0.2) is 0 Å². The van der Waals surface area contributed by atoms with Crippen LogP contribution in [-0.2, 0) is 0 Å². The highest BCUT2D eigenvalue weighted by Crippen LogP contribution is 2.20. The fourth-order valence-corrected chi connectivity index (χ4v) is 1.94. The minimum atomic E-state index is -0.135. The van der Waals surface area contributed by atoms with Gasteiger partial charge in [-0.2, -0.15) is 0 Å². The standard InChI is InChI=1S/C15H14BrNO2/c1-10-8-11(6-7-14(10)16)15(18)17-12-4-3-5-13(9-12)19-2/h3-9H,1-2H3,(H,17,18). The van der Waals surface area contributed by atoms with Gasteiger partial charge in [0.05, 0.1) is 7.11 Å². The monoisotopic (exact) mass is 319 g/mol. The number of halogens is 1. The van der Waals surface area contributed by atoms with E-state index in [1.807, 2.05) is 37.3 Å². The lowest BCUT2D eigenvalue weighted by molar-refractivity contribution is 0.102. The van der Waals surface area contributed by atoms with E-state index in [1.54, 1.807) is 19.2 Å². The van der Waals surface area contributed by atoms with Crippen molar-refractivity contribution in [3.8, 4) is 5.75 Å². The van der Waals surface area contributed by atoms with Gasteiger partial charge in [0.2, 0.25) is 0 Å². The van der Waals surface area contributed by atoms with Crippen LogP contribution >= 0.6 is 15.9 Å². The Kier molecular flexibility index (Phi) is 4.22. The minimum absolute atomic E-state index is 0.135. The molecule has 0 atom stereocenters. The normalized spacial score (nSPS) is 10.1. The molecule has 0 bridgehead atoms. The Bertz CT molecular complexity index is 611. The van der Waals surface area contributed by atoms with Crippen LogP contribution in [0.15, 0.2) is 46.9 Å². The summed E-state index contributed by atoms with van der Waals surface area (Å²) in [5, 5.41) is 2.85. The fraction of sp³-hybridized carbons (Fsp3) is 0.133. The van der Waals surface area contributed by atoms with Crippen molar-refractivity contribution in [2.75, 3.05) is 12.4 Å². The van der Waals surface area contributed by atoms with Gasteiger partial charge in [0, 0.05) is 21.8 Å². The molecule has 0 radical (unpaired) electrons. The summed E-state index contributed by atoms with van der Waals surface area (Å²) in [5.41, 5.74) is 2.37. The number of hydrogen-bond acceptors (Lipinski definition) is 2. The van der Waals surface area contributed by atoms with Crippen LogP contribution in [-0.4, -0.2) is 13.0 Å². The Morgan fingerprint density at radius 2 is 2.00 bits per heavy atom. The van der Waals surface area contributed by atoms with E-state index in [9.17, 15) is 4.79 Å². The van der Waals surface area contributed by atoms with Crippen LogP contribution in [0, 0.1) is 6.92 Å². The molecule has 1 N–H and O–H groups in total. The molecule has 0 spiro atoms. The average molecular weight is 320 g/mol.